The fourth-order valence-corrected chi connectivity index (χ4v) is 2.78. The monoisotopic (exact) mass is 295 g/mol. The van der Waals surface area contributed by atoms with E-state index in [2.05, 4.69) is 29.4 Å². The maximum absolute atomic E-state index is 9.30. The number of phenolic OH excluding ortho intramolecular Hbond substituents is 1. The lowest BCUT2D eigenvalue weighted by Gasteiger charge is -2.08. The SMILES string of the molecule is Oc1ccc(CC2CC(CCCc3ccccc3)=NO2)cc1. The van der Waals surface area contributed by atoms with E-state index in [0.717, 1.165) is 32.1 Å². The highest BCUT2D eigenvalue weighted by molar-refractivity contribution is 5.85. The maximum Gasteiger partial charge on any atom is 0.136 e. The Balaban J connectivity index is 1.41. The van der Waals surface area contributed by atoms with Gasteiger partial charge in [-0.3, -0.25) is 0 Å². The quantitative estimate of drug-likeness (QED) is 0.871. The van der Waals surface area contributed by atoms with Crippen LogP contribution in [0, 0.1) is 0 Å². The van der Waals surface area contributed by atoms with Crippen molar-refractivity contribution >= 4 is 5.71 Å². The molecular formula is C19H21NO2. The van der Waals surface area contributed by atoms with E-state index in [1.807, 2.05) is 18.2 Å². The minimum Gasteiger partial charge on any atom is -0.508 e. The first-order valence-corrected chi connectivity index (χ1v) is 7.83. The predicted molar refractivity (Wildman–Crippen MR) is 88.1 cm³/mol. The van der Waals surface area contributed by atoms with E-state index in [-0.39, 0.29) is 6.10 Å². The van der Waals surface area contributed by atoms with Gasteiger partial charge in [-0.2, -0.15) is 0 Å². The highest BCUT2D eigenvalue weighted by Gasteiger charge is 2.20. The van der Waals surface area contributed by atoms with Crippen LogP contribution in [0.15, 0.2) is 59.8 Å². The van der Waals surface area contributed by atoms with Crippen molar-refractivity contribution in [1.82, 2.24) is 0 Å². The predicted octanol–water partition coefficient (Wildman–Crippen LogP) is 4.10. The third kappa shape index (κ3) is 4.10. The summed E-state index contributed by atoms with van der Waals surface area (Å²) < 4.78 is 0. The Labute approximate surface area is 131 Å². The Morgan fingerprint density at radius 1 is 0.955 bits per heavy atom. The molecule has 0 bridgehead atoms. The molecule has 0 aromatic heterocycles. The van der Waals surface area contributed by atoms with Crippen molar-refractivity contribution in [2.45, 2.75) is 38.2 Å². The molecule has 3 heteroatoms. The number of oxime groups is 1. The van der Waals surface area contributed by atoms with Crippen molar-refractivity contribution in [3.63, 3.8) is 0 Å². The van der Waals surface area contributed by atoms with E-state index < -0.39 is 0 Å². The van der Waals surface area contributed by atoms with E-state index in [0.29, 0.717) is 5.75 Å². The summed E-state index contributed by atoms with van der Waals surface area (Å²) in [5.41, 5.74) is 3.71. The van der Waals surface area contributed by atoms with Crippen LogP contribution in [0.2, 0.25) is 0 Å². The van der Waals surface area contributed by atoms with Crippen LogP contribution in [-0.4, -0.2) is 16.9 Å². The Bertz CT molecular complexity index is 620. The fraction of sp³-hybridized carbons (Fsp3) is 0.316. The summed E-state index contributed by atoms with van der Waals surface area (Å²) in [7, 11) is 0. The molecular weight excluding hydrogens is 274 g/mol. The molecule has 1 atom stereocenters. The molecule has 0 fully saturated rings. The van der Waals surface area contributed by atoms with E-state index in [1.165, 1.54) is 16.8 Å². The Morgan fingerprint density at radius 2 is 1.73 bits per heavy atom. The average molecular weight is 295 g/mol. The largest absolute Gasteiger partial charge is 0.508 e. The van der Waals surface area contributed by atoms with Gasteiger partial charge in [0.05, 0.1) is 5.71 Å². The van der Waals surface area contributed by atoms with E-state index >= 15 is 0 Å². The zero-order valence-electron chi connectivity index (χ0n) is 12.6. The second-order valence-corrected chi connectivity index (χ2v) is 5.80. The molecule has 1 aliphatic rings. The lowest BCUT2D eigenvalue weighted by molar-refractivity contribution is 0.0859. The summed E-state index contributed by atoms with van der Waals surface area (Å²) in [4.78, 5) is 5.53. The van der Waals surface area contributed by atoms with Crippen molar-refractivity contribution < 1.29 is 9.94 Å². The number of aryl methyl sites for hydroxylation is 1. The maximum atomic E-state index is 9.30. The molecule has 0 saturated heterocycles. The van der Waals surface area contributed by atoms with Crippen LogP contribution >= 0.6 is 0 Å². The normalized spacial score (nSPS) is 17.1. The van der Waals surface area contributed by atoms with Crippen molar-refractivity contribution in [2.24, 2.45) is 5.16 Å². The molecule has 114 valence electrons. The van der Waals surface area contributed by atoms with Gasteiger partial charge in [0.2, 0.25) is 0 Å². The molecule has 2 aromatic carbocycles. The first-order chi connectivity index (χ1) is 10.8. The van der Waals surface area contributed by atoms with Gasteiger partial charge in [-0.15, -0.1) is 0 Å². The van der Waals surface area contributed by atoms with Crippen molar-refractivity contribution in [1.29, 1.82) is 0 Å². The fourth-order valence-electron chi connectivity index (χ4n) is 2.78. The van der Waals surface area contributed by atoms with Gasteiger partial charge >= 0.3 is 0 Å². The Hall–Kier alpha value is -2.29. The number of phenols is 1. The van der Waals surface area contributed by atoms with Gasteiger partial charge in [-0.05, 0) is 42.5 Å². The molecule has 0 saturated carbocycles. The first kappa shape index (κ1) is 14.6. The number of hydrogen-bond acceptors (Lipinski definition) is 3. The lowest BCUT2D eigenvalue weighted by Crippen LogP contribution is -2.11. The Morgan fingerprint density at radius 3 is 2.50 bits per heavy atom. The number of benzene rings is 2. The van der Waals surface area contributed by atoms with Gasteiger partial charge in [0.25, 0.3) is 0 Å². The van der Waals surface area contributed by atoms with E-state index in [1.54, 1.807) is 12.1 Å². The Kier molecular flexibility index (Phi) is 4.74. The third-order valence-corrected chi connectivity index (χ3v) is 3.97. The van der Waals surface area contributed by atoms with Crippen LogP contribution in [0.25, 0.3) is 0 Å². The van der Waals surface area contributed by atoms with Gasteiger partial charge in [-0.1, -0.05) is 47.6 Å². The average Bonchev–Trinajstić information content (AvgIpc) is 2.98. The molecule has 1 N–H and O–H groups in total. The molecule has 3 nitrogen and oxygen atoms in total. The molecule has 1 unspecified atom stereocenters. The van der Waals surface area contributed by atoms with Crippen LogP contribution < -0.4 is 0 Å². The van der Waals surface area contributed by atoms with Gasteiger partial charge in [-0.25, -0.2) is 0 Å². The van der Waals surface area contributed by atoms with E-state index in [9.17, 15) is 5.11 Å². The van der Waals surface area contributed by atoms with Crippen molar-refractivity contribution in [3.05, 3.63) is 65.7 Å². The lowest BCUT2D eigenvalue weighted by atomic mass is 10.0. The van der Waals surface area contributed by atoms with E-state index in [4.69, 9.17) is 4.84 Å². The standard InChI is InChI=1S/C19H21NO2/c21-18-11-9-16(10-12-18)13-19-14-17(20-22-19)8-4-7-15-5-2-1-3-6-15/h1-3,5-6,9-12,19,21H,4,7-8,13-14H2. The van der Waals surface area contributed by atoms with Gasteiger partial charge in [0.1, 0.15) is 11.9 Å². The van der Waals surface area contributed by atoms with Gasteiger partial charge < -0.3 is 9.94 Å². The smallest absolute Gasteiger partial charge is 0.136 e. The molecule has 1 heterocycles. The zero-order valence-corrected chi connectivity index (χ0v) is 12.6. The summed E-state index contributed by atoms with van der Waals surface area (Å²) in [6.07, 6.45) is 5.08. The molecule has 0 radical (unpaired) electrons. The summed E-state index contributed by atoms with van der Waals surface area (Å²) >= 11 is 0. The topological polar surface area (TPSA) is 41.8 Å². The highest BCUT2D eigenvalue weighted by Crippen LogP contribution is 2.20. The summed E-state index contributed by atoms with van der Waals surface area (Å²) in [5.74, 6) is 0.300. The molecule has 0 amide bonds. The van der Waals surface area contributed by atoms with Crippen LogP contribution in [0.5, 0.6) is 5.75 Å². The number of nitrogens with zero attached hydrogens (tertiary/aromatic N) is 1. The van der Waals surface area contributed by atoms with Gasteiger partial charge in [0, 0.05) is 12.8 Å². The number of rotatable bonds is 6. The molecule has 22 heavy (non-hydrogen) atoms. The summed E-state index contributed by atoms with van der Waals surface area (Å²) in [6.45, 7) is 0. The zero-order chi connectivity index (χ0) is 15.2. The molecule has 0 spiro atoms. The molecule has 2 aromatic rings. The van der Waals surface area contributed by atoms with Crippen LogP contribution in [0.4, 0.5) is 0 Å². The molecule has 0 aliphatic carbocycles. The first-order valence-electron chi connectivity index (χ1n) is 7.83. The third-order valence-electron chi connectivity index (χ3n) is 3.97. The van der Waals surface area contributed by atoms with Crippen molar-refractivity contribution in [3.8, 4) is 5.75 Å². The number of hydrogen-bond donors (Lipinski definition) is 1. The second kappa shape index (κ2) is 7.12. The van der Waals surface area contributed by atoms with Crippen molar-refractivity contribution in [2.75, 3.05) is 0 Å². The molecule has 3 rings (SSSR count). The second-order valence-electron chi connectivity index (χ2n) is 5.80. The van der Waals surface area contributed by atoms with Crippen LogP contribution in [-0.2, 0) is 17.7 Å². The van der Waals surface area contributed by atoms with Crippen LogP contribution in [0.3, 0.4) is 0 Å². The minimum atomic E-state index is 0.135. The van der Waals surface area contributed by atoms with Gasteiger partial charge in [0.15, 0.2) is 0 Å². The molecule has 1 aliphatic heterocycles. The summed E-state index contributed by atoms with van der Waals surface area (Å²) in [5, 5.41) is 13.5. The highest BCUT2D eigenvalue weighted by atomic mass is 16.6. The van der Waals surface area contributed by atoms with Crippen LogP contribution in [0.1, 0.15) is 30.4 Å². The number of aromatic hydroxyl groups is 1. The minimum absolute atomic E-state index is 0.135. The summed E-state index contributed by atoms with van der Waals surface area (Å²) in [6, 6.07) is 17.8.